The van der Waals surface area contributed by atoms with Crippen molar-refractivity contribution < 1.29 is 73.8 Å². The van der Waals surface area contributed by atoms with Crippen molar-refractivity contribution in [3.63, 3.8) is 0 Å². The van der Waals surface area contributed by atoms with Gasteiger partial charge in [0.05, 0.1) is 34.3 Å². The van der Waals surface area contributed by atoms with Crippen molar-refractivity contribution in [3.8, 4) is 11.8 Å². The summed E-state index contributed by atoms with van der Waals surface area (Å²) in [5, 5.41) is 64.4. The molecule has 1 saturated carbocycles. The molecule has 2 aromatic rings. The lowest BCUT2D eigenvalue weighted by molar-refractivity contribution is -0.140. The van der Waals surface area contributed by atoms with E-state index in [-0.39, 0.29) is 48.6 Å². The van der Waals surface area contributed by atoms with E-state index in [1.54, 1.807) is 0 Å². The molecular weight excluding hydrogens is 877 g/mol. The lowest BCUT2D eigenvalue weighted by Crippen LogP contribution is -2.50. The highest BCUT2D eigenvalue weighted by Gasteiger charge is 2.43. The van der Waals surface area contributed by atoms with Crippen molar-refractivity contribution in [1.29, 1.82) is 0 Å². The number of nitrogens with two attached hydrogens (primary N) is 2. The van der Waals surface area contributed by atoms with Crippen molar-refractivity contribution in [2.75, 3.05) is 24.6 Å². The first-order valence-electron chi connectivity index (χ1n) is 19.1. The maximum Gasteiger partial charge on any atom is 0.322 e. The van der Waals surface area contributed by atoms with E-state index in [0.717, 1.165) is 35.9 Å². The Kier molecular flexibility index (Phi) is 20.3. The second-order valence-corrected chi connectivity index (χ2v) is 16.4. The van der Waals surface area contributed by atoms with E-state index in [1.807, 2.05) is 0 Å². The highest BCUT2D eigenvalue weighted by molar-refractivity contribution is 7.99. The molecule has 2 aromatic heterocycles. The number of nitrogens with one attached hydrogen (secondary N) is 4. The zero-order valence-electron chi connectivity index (χ0n) is 33.3. The van der Waals surface area contributed by atoms with Crippen LogP contribution in [0, 0.1) is 11.8 Å². The number of rotatable bonds is 26. The molecule has 1 aliphatic carbocycles. The molecular formula is C36H48N10O15S2. The fraction of sp³-hybridized carbons (Fsp3) is 0.528. The third-order valence-electron chi connectivity index (χ3n) is 9.37. The van der Waals surface area contributed by atoms with Crippen molar-refractivity contribution in [2.24, 2.45) is 23.3 Å². The number of carboxylic acid groups (broad SMARTS) is 4. The van der Waals surface area contributed by atoms with Gasteiger partial charge in [0, 0.05) is 48.6 Å². The molecule has 3 rings (SSSR count). The molecule has 2 heterocycles. The summed E-state index contributed by atoms with van der Waals surface area (Å²) in [5.74, 6) is -12.9. The van der Waals surface area contributed by atoms with Crippen LogP contribution in [-0.4, -0.2) is 153 Å². The van der Waals surface area contributed by atoms with Crippen LogP contribution in [-0.2, 0) is 43.2 Å². The summed E-state index contributed by atoms with van der Waals surface area (Å²) < 4.78 is 0. The molecule has 344 valence electrons. The molecule has 4 amide bonds. The van der Waals surface area contributed by atoms with Crippen LogP contribution < -0.4 is 32.7 Å². The molecule has 4 unspecified atom stereocenters. The van der Waals surface area contributed by atoms with Crippen molar-refractivity contribution in [2.45, 2.75) is 79.6 Å². The van der Waals surface area contributed by atoms with Gasteiger partial charge in [-0.05, 0) is 25.7 Å². The van der Waals surface area contributed by atoms with Gasteiger partial charge in [-0.3, -0.25) is 53.1 Å². The van der Waals surface area contributed by atoms with Gasteiger partial charge in [0.15, 0.2) is 0 Å². The molecule has 14 N–H and O–H groups in total. The zero-order chi connectivity index (χ0) is 46.8. The summed E-state index contributed by atoms with van der Waals surface area (Å²) in [6, 6.07) is -5.64. The van der Waals surface area contributed by atoms with Crippen molar-refractivity contribution in [3.05, 3.63) is 36.2 Å². The van der Waals surface area contributed by atoms with Gasteiger partial charge in [0.2, 0.25) is 35.4 Å². The number of carboxylic acids is 4. The summed E-state index contributed by atoms with van der Waals surface area (Å²) in [4.78, 5) is 128. The number of aromatic hydroxyl groups is 2. The fourth-order valence-electron chi connectivity index (χ4n) is 6.24. The Morgan fingerprint density at radius 3 is 1.37 bits per heavy atom. The highest BCUT2D eigenvalue weighted by Crippen LogP contribution is 2.48. The van der Waals surface area contributed by atoms with Crippen molar-refractivity contribution in [1.82, 2.24) is 41.2 Å². The van der Waals surface area contributed by atoms with Gasteiger partial charge in [-0.15, -0.1) is 23.5 Å². The van der Waals surface area contributed by atoms with Crippen molar-refractivity contribution >= 4 is 76.8 Å². The molecule has 1 aliphatic rings. The van der Waals surface area contributed by atoms with Crippen LogP contribution in [0.3, 0.4) is 0 Å². The Morgan fingerprint density at radius 2 is 1.03 bits per heavy atom. The van der Waals surface area contributed by atoms with Crippen LogP contribution in [0.5, 0.6) is 11.8 Å². The SMILES string of the molecule is N[C@H](CCC(=O)N[C@@H](CSC(c1cncc(O)n1)C1CCCC(C(SC[C@H](NC(=O)CC[C@H](N)C(=O)O)C(=O)NCC(=O)O)c2cncc(O)n2)C1=O)C(=O)NCC(=O)O)C(=O)O. The topological polar surface area (TPSA) is 427 Å². The van der Waals surface area contributed by atoms with E-state index in [2.05, 4.69) is 41.2 Å². The smallest absolute Gasteiger partial charge is 0.322 e. The summed E-state index contributed by atoms with van der Waals surface area (Å²) in [7, 11) is 0. The number of carbonyl (C=O) groups excluding carboxylic acids is 5. The standard InChI is InChI=1S/C36H48N10O15S2/c37-18(35(58)59)4-6-24(47)45-22(33(56)41-12-28(51)52)14-62-31(20-8-39-10-26(49)43-20)16-2-1-3-17(30(16)55)32(21-9-40-11-27(50)44-21)63-15-23(34(57)42-13-29(53)54)46-25(48)7-5-19(38)36(60)61/h8-11,16-19,22-23,31-32H,1-7,12-15,37-38H2,(H,41,56)(H,42,57)(H,43,49)(H,44,50)(H,45,47)(H,46,48)(H,51,52)(H,53,54)(H,58,59)(H,60,61)/t16?,17?,18-,19+,22-,23-,31?,32?/m0/s1. The van der Waals surface area contributed by atoms with Gasteiger partial charge < -0.3 is 63.4 Å². The van der Waals surface area contributed by atoms with E-state index in [4.69, 9.17) is 31.9 Å². The van der Waals surface area contributed by atoms with E-state index in [1.165, 1.54) is 12.4 Å². The van der Waals surface area contributed by atoms with Gasteiger partial charge in [0.25, 0.3) is 0 Å². The second kappa shape index (κ2) is 25.1. The maximum absolute atomic E-state index is 14.8. The van der Waals surface area contributed by atoms with E-state index in [9.17, 15) is 53.4 Å². The summed E-state index contributed by atoms with van der Waals surface area (Å²) in [6.07, 6.45) is 4.04. The Labute approximate surface area is 366 Å². The maximum atomic E-state index is 14.8. The molecule has 1 fully saturated rings. The molecule has 0 saturated heterocycles. The largest absolute Gasteiger partial charge is 0.492 e. The number of amides is 4. The number of aliphatic carboxylic acids is 4. The number of carbonyl (C=O) groups is 9. The third-order valence-corrected chi connectivity index (χ3v) is 12.3. The van der Waals surface area contributed by atoms with Gasteiger partial charge >= 0.3 is 23.9 Å². The lowest BCUT2D eigenvalue weighted by Gasteiger charge is -2.36. The van der Waals surface area contributed by atoms with Crippen LogP contribution >= 0.6 is 23.5 Å². The average Bonchev–Trinajstić information content (AvgIpc) is 3.22. The van der Waals surface area contributed by atoms with Gasteiger partial charge in [-0.25, -0.2) is 9.97 Å². The fourth-order valence-corrected chi connectivity index (χ4v) is 9.08. The molecule has 0 aromatic carbocycles. The second-order valence-electron chi connectivity index (χ2n) is 14.1. The molecule has 0 spiro atoms. The third kappa shape index (κ3) is 16.9. The number of hydrogen-bond donors (Lipinski definition) is 12. The number of thioether (sulfide) groups is 2. The minimum absolute atomic E-state index is 0.0873. The molecule has 0 radical (unpaired) electrons. The summed E-state index contributed by atoms with van der Waals surface area (Å²) >= 11 is 1.90. The van der Waals surface area contributed by atoms with Gasteiger partial charge in [-0.2, -0.15) is 0 Å². The number of ketones is 1. The normalized spacial score (nSPS) is 17.7. The molecule has 8 atom stereocenters. The Morgan fingerprint density at radius 1 is 0.651 bits per heavy atom. The Balaban J connectivity index is 1.98. The first kappa shape index (κ1) is 51.2. The lowest BCUT2D eigenvalue weighted by atomic mass is 9.76. The van der Waals surface area contributed by atoms with Crippen LogP contribution in [0.1, 0.15) is 66.8 Å². The zero-order valence-corrected chi connectivity index (χ0v) is 35.0. The number of Topliss-reactive ketones (excluding diaryl/α,β-unsaturated/α-hetero) is 1. The predicted molar refractivity (Wildman–Crippen MR) is 218 cm³/mol. The number of hydrogen-bond acceptors (Lipinski definition) is 19. The van der Waals surface area contributed by atoms with Crippen LogP contribution in [0.25, 0.3) is 0 Å². The highest BCUT2D eigenvalue weighted by atomic mass is 32.2. The Bertz CT molecular complexity index is 1860. The van der Waals surface area contributed by atoms with Crippen LogP contribution in [0.4, 0.5) is 0 Å². The predicted octanol–water partition coefficient (Wildman–Crippen LogP) is -2.33. The average molecular weight is 925 g/mol. The van der Waals surface area contributed by atoms with Gasteiger partial charge in [0.1, 0.15) is 43.0 Å². The van der Waals surface area contributed by atoms with Gasteiger partial charge in [-0.1, -0.05) is 6.42 Å². The number of aromatic nitrogens is 4. The van der Waals surface area contributed by atoms with Crippen LogP contribution in [0.15, 0.2) is 24.8 Å². The minimum Gasteiger partial charge on any atom is -0.492 e. The first-order chi connectivity index (χ1) is 29.8. The van der Waals surface area contributed by atoms with E-state index < -0.39 is 137 Å². The summed E-state index contributed by atoms with van der Waals surface area (Å²) in [6.45, 7) is -1.63. The Hall–Kier alpha value is -6.19. The summed E-state index contributed by atoms with van der Waals surface area (Å²) in [5.41, 5.74) is 11.2. The monoisotopic (exact) mass is 924 g/mol. The molecule has 25 nitrogen and oxygen atoms in total. The van der Waals surface area contributed by atoms with E-state index in [0.29, 0.717) is 6.42 Å². The first-order valence-corrected chi connectivity index (χ1v) is 21.2. The quantitative estimate of drug-likeness (QED) is 0.0471. The molecule has 63 heavy (non-hydrogen) atoms. The van der Waals surface area contributed by atoms with Crippen LogP contribution in [0.2, 0.25) is 0 Å². The molecule has 27 heteroatoms. The van der Waals surface area contributed by atoms with E-state index >= 15 is 0 Å². The number of nitrogens with zero attached hydrogens (tertiary/aromatic N) is 4. The molecule has 0 aliphatic heterocycles. The minimum atomic E-state index is -1.43. The molecule has 0 bridgehead atoms.